The summed E-state index contributed by atoms with van der Waals surface area (Å²) in [6.45, 7) is 2.53. The minimum Gasteiger partial charge on any atom is -0.352 e. The predicted molar refractivity (Wildman–Crippen MR) is 119 cm³/mol. The highest BCUT2D eigenvalue weighted by atomic mass is 32.2. The molecule has 0 fully saturated rings. The van der Waals surface area contributed by atoms with Crippen LogP contribution < -0.4 is 9.62 Å². The maximum atomic E-state index is 13.2. The smallest absolute Gasteiger partial charge is 0.264 e. The topological polar surface area (TPSA) is 66.5 Å². The highest BCUT2D eigenvalue weighted by Gasteiger charge is 2.36. The first kappa shape index (κ1) is 20.7. The average Bonchev–Trinajstić information content (AvgIpc) is 3.10. The van der Waals surface area contributed by atoms with Gasteiger partial charge in [-0.15, -0.1) is 0 Å². The Balaban J connectivity index is 1.48. The minimum absolute atomic E-state index is 0.105. The number of carbonyl (C=O) groups is 1. The van der Waals surface area contributed by atoms with E-state index in [4.69, 9.17) is 0 Å². The number of allylic oxidation sites excluding steroid dienone is 1. The number of nitrogens with zero attached hydrogens (tertiary/aromatic N) is 1. The lowest BCUT2D eigenvalue weighted by molar-refractivity contribution is 0.0954. The third kappa shape index (κ3) is 4.15. The molecule has 1 amide bonds. The molecule has 5 nitrogen and oxygen atoms in total. The van der Waals surface area contributed by atoms with Crippen LogP contribution in [0.5, 0.6) is 0 Å². The predicted octanol–water partition coefficient (Wildman–Crippen LogP) is 4.45. The number of nitrogens with one attached hydrogen (secondary N) is 1. The van der Waals surface area contributed by atoms with Crippen LogP contribution in [0.2, 0.25) is 0 Å². The molecule has 6 heteroatoms. The zero-order valence-corrected chi connectivity index (χ0v) is 18.1. The fourth-order valence-electron chi connectivity index (χ4n) is 4.39. The van der Waals surface area contributed by atoms with Crippen LogP contribution in [0.25, 0.3) is 0 Å². The molecule has 2 aliphatic rings. The second kappa shape index (κ2) is 8.64. The van der Waals surface area contributed by atoms with Crippen molar-refractivity contribution in [3.63, 3.8) is 0 Å². The maximum absolute atomic E-state index is 13.2. The largest absolute Gasteiger partial charge is 0.352 e. The Hall–Kier alpha value is -2.60. The van der Waals surface area contributed by atoms with Crippen LogP contribution in [-0.2, 0) is 16.4 Å². The van der Waals surface area contributed by atoms with E-state index in [1.165, 1.54) is 22.7 Å². The fourth-order valence-corrected chi connectivity index (χ4v) is 6.10. The molecule has 0 bridgehead atoms. The zero-order chi connectivity index (χ0) is 21.1. The van der Waals surface area contributed by atoms with E-state index < -0.39 is 10.0 Å². The molecule has 1 aliphatic carbocycles. The molecule has 30 heavy (non-hydrogen) atoms. The fraction of sp³-hybridized carbons (Fsp3) is 0.375. The van der Waals surface area contributed by atoms with Crippen LogP contribution in [0.4, 0.5) is 5.69 Å². The van der Waals surface area contributed by atoms with Crippen LogP contribution in [0.3, 0.4) is 0 Å². The van der Waals surface area contributed by atoms with Crippen molar-refractivity contribution in [1.29, 1.82) is 0 Å². The van der Waals surface area contributed by atoms with Crippen LogP contribution in [0, 0.1) is 0 Å². The molecular weight excluding hydrogens is 396 g/mol. The summed E-state index contributed by atoms with van der Waals surface area (Å²) >= 11 is 0. The van der Waals surface area contributed by atoms with Gasteiger partial charge in [-0.05, 0) is 81.3 Å². The Morgan fingerprint density at radius 2 is 1.93 bits per heavy atom. The van der Waals surface area contributed by atoms with Gasteiger partial charge in [-0.25, -0.2) is 8.42 Å². The number of sulfonamides is 1. The van der Waals surface area contributed by atoms with E-state index >= 15 is 0 Å². The lowest BCUT2D eigenvalue weighted by Crippen LogP contribution is -2.35. The summed E-state index contributed by atoms with van der Waals surface area (Å²) in [6, 6.07) is 13.6. The molecule has 1 aliphatic heterocycles. The number of benzene rings is 2. The third-order valence-corrected chi connectivity index (χ3v) is 7.85. The summed E-state index contributed by atoms with van der Waals surface area (Å²) in [6.07, 6.45) is 8.58. The Bertz CT molecular complexity index is 1060. The molecule has 0 saturated heterocycles. The van der Waals surface area contributed by atoms with Gasteiger partial charge in [0.25, 0.3) is 15.9 Å². The molecule has 0 saturated carbocycles. The number of hydrogen-bond acceptors (Lipinski definition) is 3. The highest BCUT2D eigenvalue weighted by Crippen LogP contribution is 2.37. The lowest BCUT2D eigenvalue weighted by atomic mass is 9.97. The van der Waals surface area contributed by atoms with Crippen molar-refractivity contribution in [3.8, 4) is 0 Å². The van der Waals surface area contributed by atoms with Crippen LogP contribution in [-0.4, -0.2) is 26.9 Å². The van der Waals surface area contributed by atoms with Crippen LogP contribution >= 0.6 is 0 Å². The SMILES string of the molecule is C[C@@H]1Cc2cc(C(=O)NCCC3=CCCCC3)ccc2N1S(=O)(=O)c1ccccc1. The Kier molecular flexibility index (Phi) is 5.95. The van der Waals surface area contributed by atoms with Gasteiger partial charge in [-0.1, -0.05) is 29.8 Å². The van der Waals surface area contributed by atoms with Crippen LogP contribution in [0.15, 0.2) is 65.1 Å². The number of hydrogen-bond donors (Lipinski definition) is 1. The van der Waals surface area contributed by atoms with E-state index in [-0.39, 0.29) is 16.8 Å². The van der Waals surface area contributed by atoms with Gasteiger partial charge in [0.05, 0.1) is 10.6 Å². The molecule has 4 rings (SSSR count). The number of anilines is 1. The van der Waals surface area contributed by atoms with Gasteiger partial charge in [0.1, 0.15) is 0 Å². The zero-order valence-electron chi connectivity index (χ0n) is 17.3. The maximum Gasteiger partial charge on any atom is 0.264 e. The van der Waals surface area contributed by atoms with Crippen LogP contribution in [0.1, 0.15) is 54.9 Å². The monoisotopic (exact) mass is 424 g/mol. The van der Waals surface area contributed by atoms with Gasteiger partial charge >= 0.3 is 0 Å². The number of carbonyl (C=O) groups excluding carboxylic acids is 1. The van der Waals surface area contributed by atoms with Crippen molar-refractivity contribution in [2.24, 2.45) is 0 Å². The van der Waals surface area contributed by atoms with E-state index in [9.17, 15) is 13.2 Å². The summed E-state index contributed by atoms with van der Waals surface area (Å²) in [5, 5.41) is 3.00. The van der Waals surface area contributed by atoms with Crippen molar-refractivity contribution in [2.75, 3.05) is 10.8 Å². The van der Waals surface area contributed by atoms with Crippen molar-refractivity contribution >= 4 is 21.6 Å². The number of amides is 1. The summed E-state index contributed by atoms with van der Waals surface area (Å²) in [5.41, 5.74) is 3.57. The van der Waals surface area contributed by atoms with E-state index in [0.717, 1.165) is 24.8 Å². The molecule has 0 unspecified atom stereocenters. The Morgan fingerprint density at radius 1 is 1.13 bits per heavy atom. The second-order valence-corrected chi connectivity index (χ2v) is 9.94. The minimum atomic E-state index is -3.63. The van der Waals surface area contributed by atoms with Gasteiger partial charge < -0.3 is 5.32 Å². The standard InChI is InChI=1S/C24H28N2O3S/c1-18-16-21-17-20(24(27)25-15-14-19-8-4-2-5-9-19)12-13-23(21)26(18)30(28,29)22-10-6-3-7-11-22/h3,6-8,10-13,17-18H,2,4-5,9,14-16H2,1H3,(H,25,27)/t18-/m1/s1. The van der Waals surface area contributed by atoms with Gasteiger partial charge in [-0.2, -0.15) is 0 Å². The molecule has 0 spiro atoms. The molecule has 0 radical (unpaired) electrons. The molecule has 0 aromatic heterocycles. The molecule has 1 N–H and O–H groups in total. The first-order chi connectivity index (χ1) is 14.5. The van der Waals surface area contributed by atoms with E-state index in [1.807, 2.05) is 13.0 Å². The van der Waals surface area contributed by atoms with Gasteiger partial charge in [0, 0.05) is 18.2 Å². The van der Waals surface area contributed by atoms with Crippen molar-refractivity contribution in [3.05, 3.63) is 71.3 Å². The normalized spacial score (nSPS) is 18.6. The first-order valence-corrected chi connectivity index (χ1v) is 12.1. The van der Waals surface area contributed by atoms with Gasteiger partial charge in [-0.3, -0.25) is 9.10 Å². The lowest BCUT2D eigenvalue weighted by Gasteiger charge is -2.24. The molecule has 1 heterocycles. The molecule has 1 atom stereocenters. The molecular formula is C24H28N2O3S. The highest BCUT2D eigenvalue weighted by molar-refractivity contribution is 7.92. The average molecular weight is 425 g/mol. The van der Waals surface area contributed by atoms with Crippen molar-refractivity contribution in [1.82, 2.24) is 5.32 Å². The Morgan fingerprint density at radius 3 is 2.67 bits per heavy atom. The molecule has 2 aromatic carbocycles. The second-order valence-electron chi connectivity index (χ2n) is 8.12. The summed E-state index contributed by atoms with van der Waals surface area (Å²) < 4.78 is 27.8. The van der Waals surface area contributed by atoms with Crippen molar-refractivity contribution in [2.45, 2.75) is 56.4 Å². The summed E-state index contributed by atoms with van der Waals surface area (Å²) in [4.78, 5) is 12.9. The summed E-state index contributed by atoms with van der Waals surface area (Å²) in [7, 11) is -3.63. The third-order valence-electron chi connectivity index (χ3n) is 5.91. The summed E-state index contributed by atoms with van der Waals surface area (Å²) in [5.74, 6) is -0.105. The van der Waals surface area contributed by atoms with E-state index in [2.05, 4.69) is 11.4 Å². The van der Waals surface area contributed by atoms with E-state index in [0.29, 0.717) is 24.2 Å². The van der Waals surface area contributed by atoms with Gasteiger partial charge in [0.2, 0.25) is 0 Å². The first-order valence-electron chi connectivity index (χ1n) is 10.7. The molecule has 2 aromatic rings. The van der Waals surface area contributed by atoms with E-state index in [1.54, 1.807) is 42.5 Å². The number of rotatable bonds is 6. The molecule has 158 valence electrons. The van der Waals surface area contributed by atoms with Gasteiger partial charge in [0.15, 0.2) is 0 Å². The quantitative estimate of drug-likeness (QED) is 0.697. The number of fused-ring (bicyclic) bond motifs is 1. The van der Waals surface area contributed by atoms with Crippen molar-refractivity contribution < 1.29 is 13.2 Å². The Labute approximate surface area is 178 Å².